The average molecular weight is 353 g/mol. The fourth-order valence-corrected chi connectivity index (χ4v) is 3.09. The molecular formula is C20H23N3O3. The quantitative estimate of drug-likeness (QED) is 0.567. The number of nitrogens with one attached hydrogen (secondary N) is 2. The molecule has 0 bridgehead atoms. The van der Waals surface area contributed by atoms with Crippen molar-refractivity contribution in [1.82, 2.24) is 10.6 Å². The number of carbonyl (C=O) groups is 2. The molecule has 4 N–H and O–H groups in total. The fraction of sp³-hybridized carbons (Fsp3) is 0.300. The van der Waals surface area contributed by atoms with Crippen LogP contribution in [0, 0.1) is 5.92 Å². The second-order valence-electron chi connectivity index (χ2n) is 6.37. The van der Waals surface area contributed by atoms with Crippen LogP contribution in [0.1, 0.15) is 22.3 Å². The van der Waals surface area contributed by atoms with E-state index in [1.165, 1.54) is 0 Å². The van der Waals surface area contributed by atoms with Gasteiger partial charge in [0.05, 0.1) is 5.92 Å². The van der Waals surface area contributed by atoms with Gasteiger partial charge in [0.2, 0.25) is 0 Å². The summed E-state index contributed by atoms with van der Waals surface area (Å²) in [6.07, 6.45) is -0.371. The molecule has 0 spiro atoms. The number of nitrogen functional groups attached to an aromatic ring is 1. The molecule has 6 heteroatoms. The molecule has 2 unspecified atom stereocenters. The number of rotatable bonds is 5. The predicted octanol–water partition coefficient (Wildman–Crippen LogP) is 2.36. The number of Topliss-reactive ketones (excluding diaryl/α,β-unsaturated/α-hetero) is 1. The van der Waals surface area contributed by atoms with Crippen LogP contribution in [0.15, 0.2) is 54.6 Å². The highest BCUT2D eigenvalue weighted by molar-refractivity contribution is 5.99. The van der Waals surface area contributed by atoms with Crippen LogP contribution in [-0.2, 0) is 11.3 Å². The van der Waals surface area contributed by atoms with E-state index in [2.05, 4.69) is 10.6 Å². The Labute approximate surface area is 152 Å². The molecule has 1 heterocycles. The maximum Gasteiger partial charge on any atom is 0.407 e. The number of alkyl carbamates (subject to hydrolysis) is 1. The number of hydrogen-bond donors (Lipinski definition) is 3. The van der Waals surface area contributed by atoms with Gasteiger partial charge in [0, 0.05) is 24.3 Å². The molecule has 136 valence electrons. The summed E-state index contributed by atoms with van der Waals surface area (Å²) in [7, 11) is 0. The van der Waals surface area contributed by atoms with Gasteiger partial charge in [-0.3, -0.25) is 4.79 Å². The van der Waals surface area contributed by atoms with E-state index >= 15 is 0 Å². The van der Waals surface area contributed by atoms with Gasteiger partial charge in [0.15, 0.2) is 5.78 Å². The summed E-state index contributed by atoms with van der Waals surface area (Å²) < 4.78 is 5.56. The topological polar surface area (TPSA) is 93.5 Å². The minimum atomic E-state index is -0.508. The standard InChI is InChI=1S/C20H23N3O3/c21-16-8-4-7-15(11-16)19(24)17-13-22-10-9-18(17)26-20(25)23-12-14-5-2-1-3-6-14/h1-8,11,17-18,22H,9-10,12-13,21H2,(H,23,25). The van der Waals surface area contributed by atoms with Crippen molar-refractivity contribution in [2.75, 3.05) is 18.8 Å². The number of nitrogens with two attached hydrogens (primary N) is 1. The van der Waals surface area contributed by atoms with Crippen molar-refractivity contribution < 1.29 is 14.3 Å². The average Bonchev–Trinajstić information content (AvgIpc) is 2.67. The van der Waals surface area contributed by atoms with Gasteiger partial charge >= 0.3 is 6.09 Å². The molecule has 2 aromatic carbocycles. The van der Waals surface area contributed by atoms with E-state index in [4.69, 9.17) is 10.5 Å². The highest BCUT2D eigenvalue weighted by Gasteiger charge is 2.34. The lowest BCUT2D eigenvalue weighted by Crippen LogP contribution is -2.47. The fourth-order valence-electron chi connectivity index (χ4n) is 3.09. The van der Waals surface area contributed by atoms with Crippen LogP contribution in [0.25, 0.3) is 0 Å². The third-order valence-electron chi connectivity index (χ3n) is 4.46. The van der Waals surface area contributed by atoms with Gasteiger partial charge in [-0.25, -0.2) is 4.79 Å². The Balaban J connectivity index is 1.61. The van der Waals surface area contributed by atoms with Gasteiger partial charge in [-0.05, 0) is 30.7 Å². The van der Waals surface area contributed by atoms with E-state index in [1.807, 2.05) is 30.3 Å². The first-order valence-electron chi connectivity index (χ1n) is 8.72. The summed E-state index contributed by atoms with van der Waals surface area (Å²) in [5, 5.41) is 5.94. The van der Waals surface area contributed by atoms with Crippen molar-refractivity contribution in [2.45, 2.75) is 19.1 Å². The Morgan fingerprint density at radius 2 is 1.96 bits per heavy atom. The molecule has 0 saturated carbocycles. The third-order valence-corrected chi connectivity index (χ3v) is 4.46. The van der Waals surface area contributed by atoms with Crippen molar-refractivity contribution in [1.29, 1.82) is 0 Å². The monoisotopic (exact) mass is 353 g/mol. The number of amides is 1. The number of ketones is 1. The Bertz CT molecular complexity index is 764. The number of hydrogen-bond acceptors (Lipinski definition) is 5. The Hall–Kier alpha value is -2.86. The molecule has 1 aliphatic rings. The first-order valence-corrected chi connectivity index (χ1v) is 8.72. The summed E-state index contributed by atoms with van der Waals surface area (Å²) in [4.78, 5) is 25.0. The molecule has 1 aliphatic heterocycles. The van der Waals surface area contributed by atoms with Crippen LogP contribution in [-0.4, -0.2) is 31.1 Å². The molecular weight excluding hydrogens is 330 g/mol. The number of anilines is 1. The van der Waals surface area contributed by atoms with Gasteiger partial charge in [-0.2, -0.15) is 0 Å². The molecule has 0 radical (unpaired) electrons. The number of carbonyl (C=O) groups excluding carboxylic acids is 2. The summed E-state index contributed by atoms with van der Waals surface area (Å²) in [6, 6.07) is 16.5. The van der Waals surface area contributed by atoms with Crippen molar-refractivity contribution in [2.24, 2.45) is 5.92 Å². The highest BCUT2D eigenvalue weighted by atomic mass is 16.6. The van der Waals surface area contributed by atoms with Crippen molar-refractivity contribution >= 4 is 17.6 Å². The molecule has 3 rings (SSSR count). The zero-order valence-corrected chi connectivity index (χ0v) is 14.5. The summed E-state index contributed by atoms with van der Waals surface area (Å²) in [6.45, 7) is 1.57. The maximum absolute atomic E-state index is 12.8. The first-order chi connectivity index (χ1) is 12.6. The lowest BCUT2D eigenvalue weighted by Gasteiger charge is -2.30. The Morgan fingerprint density at radius 3 is 2.73 bits per heavy atom. The molecule has 1 saturated heterocycles. The summed E-state index contributed by atoms with van der Waals surface area (Å²) in [5.41, 5.74) is 7.84. The van der Waals surface area contributed by atoms with Crippen molar-refractivity contribution in [3.05, 3.63) is 65.7 Å². The Morgan fingerprint density at radius 1 is 1.15 bits per heavy atom. The second-order valence-corrected chi connectivity index (χ2v) is 6.37. The van der Waals surface area contributed by atoms with Crippen LogP contribution in [0.3, 0.4) is 0 Å². The minimum absolute atomic E-state index is 0.0645. The van der Waals surface area contributed by atoms with Crippen molar-refractivity contribution in [3.63, 3.8) is 0 Å². The van der Waals surface area contributed by atoms with Crippen LogP contribution in [0.2, 0.25) is 0 Å². The maximum atomic E-state index is 12.8. The van der Waals surface area contributed by atoms with Gasteiger partial charge in [-0.15, -0.1) is 0 Å². The minimum Gasteiger partial charge on any atom is -0.445 e. The molecule has 2 aromatic rings. The normalized spacial score (nSPS) is 19.5. The number of benzene rings is 2. The third kappa shape index (κ3) is 4.61. The lowest BCUT2D eigenvalue weighted by molar-refractivity contribution is 0.0391. The molecule has 1 fully saturated rings. The molecule has 0 aliphatic carbocycles. The van der Waals surface area contributed by atoms with E-state index in [-0.39, 0.29) is 5.78 Å². The van der Waals surface area contributed by atoms with E-state index < -0.39 is 18.1 Å². The van der Waals surface area contributed by atoms with Gasteiger partial charge in [0.1, 0.15) is 6.10 Å². The van der Waals surface area contributed by atoms with Crippen LogP contribution in [0.4, 0.5) is 10.5 Å². The Kier molecular flexibility index (Phi) is 5.86. The van der Waals surface area contributed by atoms with Crippen LogP contribution < -0.4 is 16.4 Å². The first kappa shape index (κ1) is 17.9. The van der Waals surface area contributed by atoms with Crippen molar-refractivity contribution in [3.8, 4) is 0 Å². The summed E-state index contributed by atoms with van der Waals surface area (Å²) >= 11 is 0. The van der Waals surface area contributed by atoms with E-state index in [0.29, 0.717) is 37.3 Å². The van der Waals surface area contributed by atoms with Gasteiger partial charge < -0.3 is 21.1 Å². The van der Waals surface area contributed by atoms with Crippen LogP contribution >= 0.6 is 0 Å². The lowest BCUT2D eigenvalue weighted by atomic mass is 9.88. The SMILES string of the molecule is Nc1cccc(C(=O)C2CNCCC2OC(=O)NCc2ccccc2)c1. The van der Waals surface area contributed by atoms with E-state index in [9.17, 15) is 9.59 Å². The highest BCUT2D eigenvalue weighted by Crippen LogP contribution is 2.21. The summed E-state index contributed by atoms with van der Waals surface area (Å²) in [5.74, 6) is -0.488. The molecule has 0 aromatic heterocycles. The molecule has 6 nitrogen and oxygen atoms in total. The molecule has 26 heavy (non-hydrogen) atoms. The van der Waals surface area contributed by atoms with Crippen LogP contribution in [0.5, 0.6) is 0 Å². The van der Waals surface area contributed by atoms with Gasteiger partial charge in [0.25, 0.3) is 0 Å². The number of ether oxygens (including phenoxy) is 1. The number of piperidine rings is 1. The van der Waals surface area contributed by atoms with E-state index in [1.54, 1.807) is 24.3 Å². The molecule has 1 amide bonds. The molecule has 2 atom stereocenters. The zero-order valence-electron chi connectivity index (χ0n) is 14.5. The smallest absolute Gasteiger partial charge is 0.407 e. The van der Waals surface area contributed by atoms with E-state index in [0.717, 1.165) is 5.56 Å². The zero-order chi connectivity index (χ0) is 18.4. The van der Waals surface area contributed by atoms with Gasteiger partial charge in [-0.1, -0.05) is 42.5 Å². The largest absolute Gasteiger partial charge is 0.445 e. The predicted molar refractivity (Wildman–Crippen MR) is 99.7 cm³/mol. The second kappa shape index (κ2) is 8.49.